The van der Waals surface area contributed by atoms with Crippen LogP contribution in [0.1, 0.15) is 28.4 Å². The maximum Gasteiger partial charge on any atom is 0.265 e. The molecule has 32 heavy (non-hydrogen) atoms. The Kier molecular flexibility index (Phi) is 7.90. The van der Waals surface area contributed by atoms with Crippen molar-refractivity contribution in [2.75, 3.05) is 18.0 Å². The van der Waals surface area contributed by atoms with Crippen LogP contribution in [0.2, 0.25) is 5.02 Å². The maximum atomic E-state index is 13.1. The molecular formula is C24H25ClN2O4S. The molecule has 3 aromatic carbocycles. The summed E-state index contributed by atoms with van der Waals surface area (Å²) >= 11 is 6.21. The van der Waals surface area contributed by atoms with Crippen molar-refractivity contribution in [1.82, 2.24) is 5.32 Å². The molecule has 0 saturated heterocycles. The van der Waals surface area contributed by atoms with Crippen molar-refractivity contribution in [3.63, 3.8) is 0 Å². The largest absolute Gasteiger partial charge is 0.377 e. The van der Waals surface area contributed by atoms with E-state index in [1.54, 1.807) is 30.3 Å². The highest BCUT2D eigenvalue weighted by Crippen LogP contribution is 2.28. The number of nitrogens with zero attached hydrogens (tertiary/aromatic N) is 1. The molecule has 0 aromatic heterocycles. The van der Waals surface area contributed by atoms with E-state index in [4.69, 9.17) is 16.3 Å². The van der Waals surface area contributed by atoms with Crippen LogP contribution in [0.4, 0.5) is 5.69 Å². The van der Waals surface area contributed by atoms with E-state index in [2.05, 4.69) is 5.32 Å². The molecule has 0 heterocycles. The average molecular weight is 473 g/mol. The Balaban J connectivity index is 1.81. The van der Waals surface area contributed by atoms with Gasteiger partial charge in [0.2, 0.25) is 0 Å². The summed E-state index contributed by atoms with van der Waals surface area (Å²) in [6, 6.07) is 20.6. The monoisotopic (exact) mass is 472 g/mol. The molecule has 0 saturated carbocycles. The number of ether oxygens (including phenoxy) is 1. The molecule has 1 amide bonds. The molecule has 6 nitrogen and oxygen atoms in total. The summed E-state index contributed by atoms with van der Waals surface area (Å²) in [4.78, 5) is 12.7. The standard InChI is InChI=1S/C24H25ClN2O4S/c1-3-31-17-20-10-8-7-9-19(20)16-26-24(28)18-13-14-22(25)23(15-18)32(29,30)27(2)21-11-5-4-6-12-21/h4-15H,3,16-17H2,1-2H3,(H,26,28). The van der Waals surface area contributed by atoms with Crippen LogP contribution < -0.4 is 9.62 Å². The Morgan fingerprint density at radius 1 is 1.00 bits per heavy atom. The van der Waals surface area contributed by atoms with Gasteiger partial charge < -0.3 is 10.1 Å². The number of hydrogen-bond donors (Lipinski definition) is 1. The summed E-state index contributed by atoms with van der Waals surface area (Å²) in [5.74, 6) is -0.397. The molecular weight excluding hydrogens is 448 g/mol. The third-order valence-corrected chi connectivity index (χ3v) is 7.24. The number of rotatable bonds is 9. The van der Waals surface area contributed by atoms with Crippen molar-refractivity contribution >= 4 is 33.2 Å². The molecule has 0 bridgehead atoms. The van der Waals surface area contributed by atoms with E-state index in [1.165, 1.54) is 25.2 Å². The van der Waals surface area contributed by atoms with E-state index in [9.17, 15) is 13.2 Å². The van der Waals surface area contributed by atoms with Gasteiger partial charge in [0, 0.05) is 25.8 Å². The number of halogens is 1. The molecule has 0 unspecified atom stereocenters. The lowest BCUT2D eigenvalue weighted by Gasteiger charge is -2.20. The van der Waals surface area contributed by atoms with Crippen LogP contribution in [0.5, 0.6) is 0 Å². The molecule has 0 fully saturated rings. The zero-order chi connectivity index (χ0) is 23.1. The van der Waals surface area contributed by atoms with Gasteiger partial charge in [-0.25, -0.2) is 8.42 Å². The van der Waals surface area contributed by atoms with E-state index in [0.29, 0.717) is 18.9 Å². The second-order valence-electron chi connectivity index (χ2n) is 7.04. The van der Waals surface area contributed by atoms with E-state index >= 15 is 0 Å². The lowest BCUT2D eigenvalue weighted by molar-refractivity contribution is 0.0949. The van der Waals surface area contributed by atoms with Gasteiger partial charge in [-0.2, -0.15) is 0 Å². The van der Waals surface area contributed by atoms with Gasteiger partial charge in [-0.1, -0.05) is 54.1 Å². The number of para-hydroxylation sites is 1. The zero-order valence-corrected chi connectivity index (χ0v) is 19.5. The minimum atomic E-state index is -3.96. The summed E-state index contributed by atoms with van der Waals surface area (Å²) in [5, 5.41) is 2.89. The normalized spacial score (nSPS) is 11.2. The lowest BCUT2D eigenvalue weighted by atomic mass is 10.1. The first-order chi connectivity index (χ1) is 15.3. The van der Waals surface area contributed by atoms with Crippen LogP contribution in [0.15, 0.2) is 77.7 Å². The fraction of sp³-hybridized carbons (Fsp3) is 0.208. The highest BCUT2D eigenvalue weighted by molar-refractivity contribution is 7.93. The molecule has 0 aliphatic carbocycles. The minimum absolute atomic E-state index is 0.0476. The molecule has 3 rings (SSSR count). The molecule has 0 radical (unpaired) electrons. The van der Waals surface area contributed by atoms with Gasteiger partial charge in [0.05, 0.1) is 17.3 Å². The van der Waals surface area contributed by atoms with Crippen LogP contribution in [-0.4, -0.2) is 28.0 Å². The topological polar surface area (TPSA) is 75.7 Å². The number of nitrogens with one attached hydrogen (secondary N) is 1. The first-order valence-electron chi connectivity index (χ1n) is 10.1. The van der Waals surface area contributed by atoms with Gasteiger partial charge in [-0.3, -0.25) is 9.10 Å². The van der Waals surface area contributed by atoms with Crippen molar-refractivity contribution in [1.29, 1.82) is 0 Å². The Bertz CT molecular complexity index is 1180. The Hall–Kier alpha value is -2.87. The number of carbonyl (C=O) groups is 1. The number of sulfonamides is 1. The first kappa shape index (κ1) is 23.8. The third-order valence-electron chi connectivity index (χ3n) is 4.97. The van der Waals surface area contributed by atoms with Crippen molar-refractivity contribution < 1.29 is 17.9 Å². The van der Waals surface area contributed by atoms with Crippen LogP contribution in [0.25, 0.3) is 0 Å². The van der Waals surface area contributed by atoms with Crippen molar-refractivity contribution in [2.45, 2.75) is 25.0 Å². The molecule has 0 aliphatic rings. The van der Waals surface area contributed by atoms with Crippen LogP contribution in [0.3, 0.4) is 0 Å². The molecule has 168 valence electrons. The zero-order valence-electron chi connectivity index (χ0n) is 17.9. The van der Waals surface area contributed by atoms with E-state index in [-0.39, 0.29) is 22.0 Å². The summed E-state index contributed by atoms with van der Waals surface area (Å²) in [5.41, 5.74) is 2.61. The minimum Gasteiger partial charge on any atom is -0.377 e. The predicted octanol–water partition coefficient (Wildman–Crippen LogP) is 4.63. The Labute approximate surface area is 193 Å². The number of benzene rings is 3. The first-order valence-corrected chi connectivity index (χ1v) is 11.9. The van der Waals surface area contributed by atoms with Gasteiger partial charge in [-0.15, -0.1) is 0 Å². The highest BCUT2D eigenvalue weighted by atomic mass is 35.5. The highest BCUT2D eigenvalue weighted by Gasteiger charge is 2.25. The van der Waals surface area contributed by atoms with Crippen molar-refractivity contribution in [3.8, 4) is 0 Å². The number of carbonyl (C=O) groups excluding carboxylic acids is 1. The average Bonchev–Trinajstić information content (AvgIpc) is 2.81. The van der Waals surface area contributed by atoms with Crippen LogP contribution >= 0.6 is 11.6 Å². The van der Waals surface area contributed by atoms with E-state index in [0.717, 1.165) is 15.4 Å². The van der Waals surface area contributed by atoms with E-state index < -0.39 is 15.9 Å². The second kappa shape index (κ2) is 10.6. The molecule has 0 aliphatic heterocycles. The molecule has 0 atom stereocenters. The second-order valence-corrected chi connectivity index (χ2v) is 9.39. The van der Waals surface area contributed by atoms with Gasteiger partial charge in [-0.05, 0) is 48.4 Å². The van der Waals surface area contributed by atoms with Crippen LogP contribution in [0, 0.1) is 0 Å². The fourth-order valence-corrected chi connectivity index (χ4v) is 4.82. The van der Waals surface area contributed by atoms with Crippen LogP contribution in [-0.2, 0) is 27.9 Å². The Morgan fingerprint density at radius 3 is 2.34 bits per heavy atom. The van der Waals surface area contributed by atoms with Crippen molar-refractivity contribution in [2.24, 2.45) is 0 Å². The smallest absolute Gasteiger partial charge is 0.265 e. The third kappa shape index (κ3) is 5.48. The summed E-state index contributed by atoms with van der Waals surface area (Å²) in [6.45, 7) is 3.26. The molecule has 8 heteroatoms. The van der Waals surface area contributed by atoms with Gasteiger partial charge >= 0.3 is 0 Å². The number of amides is 1. The predicted molar refractivity (Wildman–Crippen MR) is 126 cm³/mol. The van der Waals surface area contributed by atoms with Crippen molar-refractivity contribution in [3.05, 3.63) is 94.5 Å². The molecule has 0 spiro atoms. The number of hydrogen-bond acceptors (Lipinski definition) is 4. The Morgan fingerprint density at radius 2 is 1.66 bits per heavy atom. The SMILES string of the molecule is CCOCc1ccccc1CNC(=O)c1ccc(Cl)c(S(=O)(=O)N(C)c2ccccc2)c1. The van der Waals surface area contributed by atoms with Gasteiger partial charge in [0.1, 0.15) is 4.90 Å². The molecule has 1 N–H and O–H groups in total. The quantitative estimate of drug-likeness (QED) is 0.492. The van der Waals surface area contributed by atoms with Gasteiger partial charge in [0.15, 0.2) is 0 Å². The number of anilines is 1. The van der Waals surface area contributed by atoms with Gasteiger partial charge in [0.25, 0.3) is 15.9 Å². The lowest BCUT2D eigenvalue weighted by Crippen LogP contribution is -2.28. The summed E-state index contributed by atoms with van der Waals surface area (Å²) < 4.78 is 32.9. The maximum absolute atomic E-state index is 13.1. The fourth-order valence-electron chi connectivity index (χ4n) is 3.13. The summed E-state index contributed by atoms with van der Waals surface area (Å²) in [7, 11) is -2.51. The molecule has 3 aromatic rings. The van der Waals surface area contributed by atoms with E-state index in [1.807, 2.05) is 31.2 Å². The summed E-state index contributed by atoms with van der Waals surface area (Å²) in [6.07, 6.45) is 0.